The maximum absolute atomic E-state index is 10.6. The van der Waals surface area contributed by atoms with E-state index >= 15 is 0 Å². The zero-order valence-electron chi connectivity index (χ0n) is 7.46. The maximum Gasteiger partial charge on any atom is 0.307 e. The molecule has 0 aromatic carbocycles. The molecule has 1 saturated heterocycles. The smallest absolute Gasteiger partial charge is 0.307 e. The lowest BCUT2D eigenvalue weighted by molar-refractivity contribution is -0.141. The number of carbonyl (C=O) groups is 1. The van der Waals surface area contributed by atoms with Crippen LogP contribution in [0.25, 0.3) is 0 Å². The molecule has 0 aromatic heterocycles. The van der Waals surface area contributed by atoms with Crippen LogP contribution in [-0.4, -0.2) is 36.9 Å². The summed E-state index contributed by atoms with van der Waals surface area (Å²) in [7, 11) is 1.63. The Bertz CT molecular complexity index is 183. The summed E-state index contributed by atoms with van der Waals surface area (Å²) in [5.41, 5.74) is -0.155. The largest absolute Gasteiger partial charge is 0.481 e. The van der Waals surface area contributed by atoms with Crippen LogP contribution in [0.4, 0.5) is 0 Å². The number of hydrogen-bond acceptors (Lipinski definition) is 3. The fraction of sp³-hybridized carbons (Fsp3) is 0.875. The molecule has 1 aliphatic rings. The van der Waals surface area contributed by atoms with E-state index in [4.69, 9.17) is 9.84 Å². The highest BCUT2D eigenvalue weighted by molar-refractivity contribution is 5.70. The lowest BCUT2D eigenvalue weighted by atomic mass is 9.96. The van der Waals surface area contributed by atoms with Gasteiger partial charge in [-0.3, -0.25) is 4.79 Å². The topological polar surface area (TPSA) is 58.6 Å². The Balaban J connectivity index is 2.48. The van der Waals surface area contributed by atoms with Gasteiger partial charge in [0.25, 0.3) is 0 Å². The third-order valence-corrected chi connectivity index (χ3v) is 2.28. The SMILES string of the molecule is COCC1(C)CC(C(=O)O)CN1. The molecule has 1 rings (SSSR count). The maximum atomic E-state index is 10.6. The highest BCUT2D eigenvalue weighted by atomic mass is 16.5. The minimum absolute atomic E-state index is 0.155. The van der Waals surface area contributed by atoms with Crippen molar-refractivity contribution in [3.63, 3.8) is 0 Å². The zero-order chi connectivity index (χ0) is 9.19. The van der Waals surface area contributed by atoms with Crippen molar-refractivity contribution in [2.75, 3.05) is 20.3 Å². The molecule has 0 amide bonds. The van der Waals surface area contributed by atoms with Crippen LogP contribution < -0.4 is 5.32 Å². The first-order valence-electron chi connectivity index (χ1n) is 4.04. The van der Waals surface area contributed by atoms with Crippen molar-refractivity contribution in [1.29, 1.82) is 0 Å². The molecule has 2 unspecified atom stereocenters. The summed E-state index contributed by atoms with van der Waals surface area (Å²) < 4.78 is 5.00. The molecule has 2 N–H and O–H groups in total. The van der Waals surface area contributed by atoms with Crippen molar-refractivity contribution in [3.05, 3.63) is 0 Å². The van der Waals surface area contributed by atoms with E-state index < -0.39 is 5.97 Å². The van der Waals surface area contributed by atoms with Crippen molar-refractivity contribution in [3.8, 4) is 0 Å². The lowest BCUT2D eigenvalue weighted by Crippen LogP contribution is -2.40. The van der Waals surface area contributed by atoms with Crippen molar-refractivity contribution in [1.82, 2.24) is 5.32 Å². The predicted octanol–water partition coefficient (Wildman–Crippen LogP) is 0.0856. The quantitative estimate of drug-likeness (QED) is 0.635. The summed E-state index contributed by atoms with van der Waals surface area (Å²) in [5, 5.41) is 11.9. The van der Waals surface area contributed by atoms with Gasteiger partial charge >= 0.3 is 5.97 Å². The summed E-state index contributed by atoms with van der Waals surface area (Å²) in [4.78, 5) is 10.6. The Kier molecular flexibility index (Phi) is 2.69. The summed E-state index contributed by atoms with van der Waals surface area (Å²) in [6.07, 6.45) is 0.649. The number of carboxylic acid groups (broad SMARTS) is 1. The predicted molar refractivity (Wildman–Crippen MR) is 44.0 cm³/mol. The van der Waals surface area contributed by atoms with Gasteiger partial charge in [0, 0.05) is 19.2 Å². The van der Waals surface area contributed by atoms with Gasteiger partial charge < -0.3 is 15.2 Å². The van der Waals surface area contributed by atoms with Crippen LogP contribution in [0.3, 0.4) is 0 Å². The van der Waals surface area contributed by atoms with Crippen LogP contribution in [-0.2, 0) is 9.53 Å². The Morgan fingerprint density at radius 1 is 1.83 bits per heavy atom. The molecule has 0 aromatic rings. The summed E-state index contributed by atoms with van der Waals surface area (Å²) in [5.74, 6) is -0.979. The standard InChI is InChI=1S/C8H15NO3/c1-8(5-12-2)3-6(4-9-8)7(10)11/h6,9H,3-5H2,1-2H3,(H,10,11). The van der Waals surface area contributed by atoms with E-state index in [0.717, 1.165) is 0 Å². The zero-order valence-corrected chi connectivity index (χ0v) is 7.46. The molecule has 1 heterocycles. The molecule has 1 aliphatic heterocycles. The second-order valence-corrected chi connectivity index (χ2v) is 3.61. The average molecular weight is 173 g/mol. The van der Waals surface area contributed by atoms with Crippen molar-refractivity contribution >= 4 is 5.97 Å². The van der Waals surface area contributed by atoms with E-state index in [-0.39, 0.29) is 11.5 Å². The number of hydrogen-bond donors (Lipinski definition) is 2. The first-order valence-corrected chi connectivity index (χ1v) is 4.04. The molecule has 4 heteroatoms. The third kappa shape index (κ3) is 1.95. The highest BCUT2D eigenvalue weighted by Gasteiger charge is 2.37. The van der Waals surface area contributed by atoms with Gasteiger partial charge in [-0.15, -0.1) is 0 Å². The Morgan fingerprint density at radius 2 is 2.50 bits per heavy atom. The van der Waals surface area contributed by atoms with Crippen LogP contribution in [0, 0.1) is 5.92 Å². The van der Waals surface area contributed by atoms with E-state index in [9.17, 15) is 4.79 Å². The van der Waals surface area contributed by atoms with Crippen LogP contribution in [0.1, 0.15) is 13.3 Å². The third-order valence-electron chi connectivity index (χ3n) is 2.28. The second kappa shape index (κ2) is 3.41. The Morgan fingerprint density at radius 3 is 2.92 bits per heavy atom. The summed E-state index contributed by atoms with van der Waals surface area (Å²) >= 11 is 0. The summed E-state index contributed by atoms with van der Waals surface area (Å²) in [6, 6.07) is 0. The van der Waals surface area contributed by atoms with Gasteiger partial charge in [-0.1, -0.05) is 0 Å². The monoisotopic (exact) mass is 173 g/mol. The Hall–Kier alpha value is -0.610. The minimum Gasteiger partial charge on any atom is -0.481 e. The molecule has 12 heavy (non-hydrogen) atoms. The van der Waals surface area contributed by atoms with Gasteiger partial charge in [-0.05, 0) is 13.3 Å². The van der Waals surface area contributed by atoms with Crippen molar-refractivity contribution in [2.24, 2.45) is 5.92 Å². The normalized spacial score (nSPS) is 35.3. The molecule has 0 radical (unpaired) electrons. The van der Waals surface area contributed by atoms with Gasteiger partial charge in [0.15, 0.2) is 0 Å². The first-order chi connectivity index (χ1) is 5.57. The van der Waals surface area contributed by atoms with Crippen LogP contribution >= 0.6 is 0 Å². The molecule has 1 fully saturated rings. The van der Waals surface area contributed by atoms with E-state index in [2.05, 4.69) is 5.32 Å². The number of aliphatic carboxylic acids is 1. The molecular formula is C8H15NO3. The van der Waals surface area contributed by atoms with Gasteiger partial charge in [-0.25, -0.2) is 0 Å². The number of nitrogens with one attached hydrogen (secondary N) is 1. The van der Waals surface area contributed by atoms with E-state index in [1.54, 1.807) is 7.11 Å². The van der Waals surface area contributed by atoms with Crippen LogP contribution in [0.15, 0.2) is 0 Å². The average Bonchev–Trinajstić information content (AvgIpc) is 2.33. The number of carboxylic acids is 1. The number of methoxy groups -OCH3 is 1. The number of ether oxygens (including phenoxy) is 1. The molecule has 0 spiro atoms. The van der Waals surface area contributed by atoms with Gasteiger partial charge in [0.2, 0.25) is 0 Å². The van der Waals surface area contributed by atoms with Crippen LogP contribution in [0.2, 0.25) is 0 Å². The highest BCUT2D eigenvalue weighted by Crippen LogP contribution is 2.23. The molecular weight excluding hydrogens is 158 g/mol. The Labute approximate surface area is 71.9 Å². The first kappa shape index (κ1) is 9.48. The molecule has 0 aliphatic carbocycles. The number of rotatable bonds is 3. The molecule has 4 nitrogen and oxygen atoms in total. The fourth-order valence-electron chi connectivity index (χ4n) is 1.66. The van der Waals surface area contributed by atoms with E-state index in [1.807, 2.05) is 6.92 Å². The van der Waals surface area contributed by atoms with E-state index in [0.29, 0.717) is 19.6 Å². The summed E-state index contributed by atoms with van der Waals surface area (Å²) in [6.45, 7) is 3.10. The fourth-order valence-corrected chi connectivity index (χ4v) is 1.66. The van der Waals surface area contributed by atoms with Crippen molar-refractivity contribution < 1.29 is 14.6 Å². The minimum atomic E-state index is -0.720. The lowest BCUT2D eigenvalue weighted by Gasteiger charge is -2.22. The molecule has 2 atom stereocenters. The van der Waals surface area contributed by atoms with Gasteiger partial charge in [0.05, 0.1) is 12.5 Å². The second-order valence-electron chi connectivity index (χ2n) is 3.61. The molecule has 70 valence electrons. The van der Waals surface area contributed by atoms with Crippen molar-refractivity contribution in [2.45, 2.75) is 18.9 Å². The van der Waals surface area contributed by atoms with Gasteiger partial charge in [0.1, 0.15) is 0 Å². The van der Waals surface area contributed by atoms with Crippen LogP contribution in [0.5, 0.6) is 0 Å². The molecule has 0 bridgehead atoms. The van der Waals surface area contributed by atoms with Gasteiger partial charge in [-0.2, -0.15) is 0 Å². The van der Waals surface area contributed by atoms with E-state index in [1.165, 1.54) is 0 Å². The molecule has 0 saturated carbocycles.